The van der Waals surface area contributed by atoms with Crippen molar-refractivity contribution in [3.05, 3.63) is 36.0 Å². The first-order valence-corrected chi connectivity index (χ1v) is 7.24. The molecule has 0 amide bonds. The lowest BCUT2D eigenvalue weighted by Gasteiger charge is -2.11. The second-order valence-corrected chi connectivity index (χ2v) is 5.49. The average molecular weight is 267 g/mol. The standard InChI is InChI=1S/C17H21N3/c1-13(2)7-5-6-10-19-17-14(11-18)12-20-16-9-4-3-8-15(16)17/h3-4,8-9,12-13H,5-7,10H2,1-2H3,(H,19,20). The van der Waals surface area contributed by atoms with Gasteiger partial charge in [-0.3, -0.25) is 4.98 Å². The summed E-state index contributed by atoms with van der Waals surface area (Å²) in [5.41, 5.74) is 2.46. The summed E-state index contributed by atoms with van der Waals surface area (Å²) in [6.45, 7) is 5.39. The molecule has 1 heterocycles. The third-order valence-corrected chi connectivity index (χ3v) is 3.41. The van der Waals surface area contributed by atoms with Crippen LogP contribution in [0.1, 0.15) is 38.7 Å². The van der Waals surface area contributed by atoms with E-state index in [2.05, 4.69) is 30.2 Å². The molecule has 1 N–H and O–H groups in total. The van der Waals surface area contributed by atoms with E-state index < -0.39 is 0 Å². The van der Waals surface area contributed by atoms with E-state index in [1.807, 2.05) is 24.3 Å². The number of nitrogens with one attached hydrogen (secondary N) is 1. The number of pyridine rings is 1. The van der Waals surface area contributed by atoms with Gasteiger partial charge in [0.2, 0.25) is 0 Å². The summed E-state index contributed by atoms with van der Waals surface area (Å²) in [4.78, 5) is 4.32. The van der Waals surface area contributed by atoms with Crippen LogP contribution in [0, 0.1) is 17.2 Å². The molecule has 1 aromatic carbocycles. The molecule has 0 bridgehead atoms. The smallest absolute Gasteiger partial charge is 0.103 e. The maximum atomic E-state index is 9.22. The molecule has 0 radical (unpaired) electrons. The molecule has 2 aromatic rings. The number of para-hydroxylation sites is 1. The number of benzene rings is 1. The molecule has 0 aliphatic rings. The van der Waals surface area contributed by atoms with Crippen LogP contribution >= 0.6 is 0 Å². The second kappa shape index (κ2) is 6.91. The lowest BCUT2D eigenvalue weighted by molar-refractivity contribution is 0.545. The number of nitriles is 1. The van der Waals surface area contributed by atoms with Gasteiger partial charge in [0.25, 0.3) is 0 Å². The number of hydrogen-bond acceptors (Lipinski definition) is 3. The Labute approximate surface area is 120 Å². The topological polar surface area (TPSA) is 48.7 Å². The maximum Gasteiger partial charge on any atom is 0.103 e. The van der Waals surface area contributed by atoms with Gasteiger partial charge in [0.05, 0.1) is 16.8 Å². The highest BCUT2D eigenvalue weighted by molar-refractivity contribution is 5.93. The molecule has 104 valence electrons. The fraction of sp³-hybridized carbons (Fsp3) is 0.412. The molecule has 0 saturated heterocycles. The number of hydrogen-bond donors (Lipinski definition) is 1. The van der Waals surface area contributed by atoms with Crippen molar-refractivity contribution in [2.45, 2.75) is 33.1 Å². The van der Waals surface area contributed by atoms with Gasteiger partial charge >= 0.3 is 0 Å². The van der Waals surface area contributed by atoms with Gasteiger partial charge in [-0.1, -0.05) is 44.9 Å². The molecule has 0 aliphatic carbocycles. The molecule has 3 heteroatoms. The van der Waals surface area contributed by atoms with Crippen LogP contribution in [0.15, 0.2) is 30.5 Å². The lowest BCUT2D eigenvalue weighted by Crippen LogP contribution is -2.05. The van der Waals surface area contributed by atoms with Crippen LogP contribution in [0.4, 0.5) is 5.69 Å². The molecule has 0 aliphatic heterocycles. The summed E-state index contributed by atoms with van der Waals surface area (Å²) in [5, 5.41) is 13.7. The highest BCUT2D eigenvalue weighted by atomic mass is 14.9. The molecular formula is C17H21N3. The Balaban J connectivity index is 2.10. The minimum absolute atomic E-state index is 0.618. The van der Waals surface area contributed by atoms with Gasteiger partial charge in [0.1, 0.15) is 6.07 Å². The predicted molar refractivity (Wildman–Crippen MR) is 83.6 cm³/mol. The summed E-state index contributed by atoms with van der Waals surface area (Å²) < 4.78 is 0. The number of aromatic nitrogens is 1. The summed E-state index contributed by atoms with van der Waals surface area (Å²) in [7, 11) is 0. The van der Waals surface area contributed by atoms with Gasteiger partial charge in [-0.15, -0.1) is 0 Å². The summed E-state index contributed by atoms with van der Waals surface area (Å²) in [6, 6.07) is 10.2. The van der Waals surface area contributed by atoms with Crippen LogP contribution in [0.3, 0.4) is 0 Å². The van der Waals surface area contributed by atoms with Gasteiger partial charge in [-0.25, -0.2) is 0 Å². The summed E-state index contributed by atoms with van der Waals surface area (Å²) in [5.74, 6) is 0.756. The summed E-state index contributed by atoms with van der Waals surface area (Å²) >= 11 is 0. The fourth-order valence-electron chi connectivity index (χ4n) is 2.31. The van der Waals surface area contributed by atoms with Crippen molar-refractivity contribution in [3.8, 4) is 6.07 Å². The third-order valence-electron chi connectivity index (χ3n) is 3.41. The Bertz CT molecular complexity index is 611. The van der Waals surface area contributed by atoms with E-state index in [0.29, 0.717) is 5.56 Å². The van der Waals surface area contributed by atoms with E-state index in [0.717, 1.165) is 35.5 Å². The van der Waals surface area contributed by atoms with Crippen LogP contribution in [0.5, 0.6) is 0 Å². The quantitative estimate of drug-likeness (QED) is 0.792. The first kappa shape index (κ1) is 14.3. The molecule has 0 spiro atoms. The fourth-order valence-corrected chi connectivity index (χ4v) is 2.31. The molecule has 0 unspecified atom stereocenters. The normalized spacial score (nSPS) is 10.7. The van der Waals surface area contributed by atoms with E-state index in [1.165, 1.54) is 12.8 Å². The van der Waals surface area contributed by atoms with Crippen molar-refractivity contribution in [2.75, 3.05) is 11.9 Å². The zero-order valence-corrected chi connectivity index (χ0v) is 12.2. The molecular weight excluding hydrogens is 246 g/mol. The largest absolute Gasteiger partial charge is 0.383 e. The average Bonchev–Trinajstić information content (AvgIpc) is 2.46. The van der Waals surface area contributed by atoms with Gasteiger partial charge in [0.15, 0.2) is 0 Å². The van der Waals surface area contributed by atoms with E-state index in [9.17, 15) is 5.26 Å². The van der Waals surface area contributed by atoms with E-state index in [-0.39, 0.29) is 0 Å². The van der Waals surface area contributed by atoms with Crippen molar-refractivity contribution >= 4 is 16.6 Å². The highest BCUT2D eigenvalue weighted by Gasteiger charge is 2.07. The second-order valence-electron chi connectivity index (χ2n) is 5.49. The van der Waals surface area contributed by atoms with Crippen molar-refractivity contribution in [1.82, 2.24) is 4.98 Å². The molecule has 1 aromatic heterocycles. The molecule has 0 fully saturated rings. The highest BCUT2D eigenvalue weighted by Crippen LogP contribution is 2.25. The number of unbranched alkanes of at least 4 members (excludes halogenated alkanes) is 1. The number of fused-ring (bicyclic) bond motifs is 1. The molecule has 2 rings (SSSR count). The zero-order valence-electron chi connectivity index (χ0n) is 12.2. The number of nitrogens with zero attached hydrogens (tertiary/aromatic N) is 2. The first-order valence-electron chi connectivity index (χ1n) is 7.24. The van der Waals surface area contributed by atoms with E-state index >= 15 is 0 Å². The predicted octanol–water partition coefficient (Wildman–Crippen LogP) is 4.34. The molecule has 0 atom stereocenters. The van der Waals surface area contributed by atoms with Crippen LogP contribution in [-0.2, 0) is 0 Å². The summed E-state index contributed by atoms with van der Waals surface area (Å²) in [6.07, 6.45) is 5.25. The van der Waals surface area contributed by atoms with Crippen LogP contribution in [0.25, 0.3) is 10.9 Å². The maximum absolute atomic E-state index is 9.22. The molecule has 0 saturated carbocycles. The van der Waals surface area contributed by atoms with Gasteiger partial charge < -0.3 is 5.32 Å². The van der Waals surface area contributed by atoms with Crippen molar-refractivity contribution in [1.29, 1.82) is 5.26 Å². The number of anilines is 1. The Kier molecular flexibility index (Phi) is 4.95. The van der Waals surface area contributed by atoms with E-state index in [4.69, 9.17) is 0 Å². The third kappa shape index (κ3) is 3.48. The number of rotatable bonds is 6. The first-order chi connectivity index (χ1) is 9.72. The zero-order chi connectivity index (χ0) is 14.4. The minimum Gasteiger partial charge on any atom is -0.383 e. The molecule has 3 nitrogen and oxygen atoms in total. The lowest BCUT2D eigenvalue weighted by atomic mass is 10.1. The van der Waals surface area contributed by atoms with Crippen molar-refractivity contribution in [3.63, 3.8) is 0 Å². The van der Waals surface area contributed by atoms with Crippen LogP contribution < -0.4 is 5.32 Å². The van der Waals surface area contributed by atoms with Gasteiger partial charge in [0, 0.05) is 18.1 Å². The SMILES string of the molecule is CC(C)CCCCNc1c(C#N)cnc2ccccc12. The van der Waals surface area contributed by atoms with Crippen molar-refractivity contribution in [2.24, 2.45) is 5.92 Å². The Morgan fingerprint density at radius 3 is 2.80 bits per heavy atom. The Hall–Kier alpha value is -2.08. The Morgan fingerprint density at radius 2 is 2.05 bits per heavy atom. The Morgan fingerprint density at radius 1 is 1.25 bits per heavy atom. The monoisotopic (exact) mass is 267 g/mol. The van der Waals surface area contributed by atoms with Crippen LogP contribution in [-0.4, -0.2) is 11.5 Å². The van der Waals surface area contributed by atoms with E-state index in [1.54, 1.807) is 6.20 Å². The van der Waals surface area contributed by atoms with Gasteiger partial charge in [-0.2, -0.15) is 5.26 Å². The van der Waals surface area contributed by atoms with Crippen LogP contribution in [0.2, 0.25) is 0 Å². The molecule has 20 heavy (non-hydrogen) atoms. The van der Waals surface area contributed by atoms with Crippen molar-refractivity contribution < 1.29 is 0 Å². The minimum atomic E-state index is 0.618. The van der Waals surface area contributed by atoms with Gasteiger partial charge in [-0.05, 0) is 18.4 Å².